The lowest BCUT2D eigenvalue weighted by atomic mass is 10.2. The monoisotopic (exact) mass is 270 g/mol. The Kier molecular flexibility index (Phi) is 3.16. The summed E-state index contributed by atoms with van der Waals surface area (Å²) < 4.78 is 10.9. The molecule has 1 aliphatic rings. The molecule has 0 aromatic heterocycles. The molecule has 3 rings (SSSR count). The highest BCUT2D eigenvalue weighted by Crippen LogP contribution is 2.32. The van der Waals surface area contributed by atoms with E-state index in [-0.39, 0.29) is 5.91 Å². The van der Waals surface area contributed by atoms with Gasteiger partial charge >= 0.3 is 0 Å². The molecule has 0 saturated carbocycles. The zero-order chi connectivity index (χ0) is 13.9. The van der Waals surface area contributed by atoms with E-state index < -0.39 is 0 Å². The number of nitrogens with one attached hydrogen (secondary N) is 1. The second-order valence-electron chi connectivity index (χ2n) is 4.44. The van der Waals surface area contributed by atoms with Crippen LogP contribution in [0.3, 0.4) is 0 Å². The molecule has 0 aliphatic carbocycles. The van der Waals surface area contributed by atoms with Crippen LogP contribution in [0.2, 0.25) is 0 Å². The van der Waals surface area contributed by atoms with Gasteiger partial charge in [-0.15, -0.1) is 0 Å². The number of hydrogen-bond acceptors (Lipinski definition) is 4. The standard InChI is InChI=1S/C15H14N2O3/c16-11-3-1-2-10(8-11)15(18)17-12-4-5-13-14(9-12)20-7-6-19-13/h1-5,8-9H,6-7,16H2,(H,17,18). The van der Waals surface area contributed by atoms with Crippen molar-refractivity contribution in [2.45, 2.75) is 0 Å². The van der Waals surface area contributed by atoms with E-state index in [0.717, 1.165) is 0 Å². The molecule has 102 valence electrons. The van der Waals surface area contributed by atoms with Gasteiger partial charge in [0.1, 0.15) is 13.2 Å². The first-order chi connectivity index (χ1) is 9.72. The molecule has 1 amide bonds. The van der Waals surface area contributed by atoms with Crippen LogP contribution < -0.4 is 20.5 Å². The van der Waals surface area contributed by atoms with Gasteiger partial charge in [0.25, 0.3) is 5.91 Å². The number of carbonyl (C=O) groups is 1. The molecule has 0 atom stereocenters. The Hall–Kier alpha value is -2.69. The Morgan fingerprint density at radius 2 is 1.85 bits per heavy atom. The van der Waals surface area contributed by atoms with E-state index in [0.29, 0.717) is 41.7 Å². The minimum Gasteiger partial charge on any atom is -0.486 e. The van der Waals surface area contributed by atoms with Gasteiger partial charge in [-0.25, -0.2) is 0 Å². The SMILES string of the molecule is Nc1cccc(C(=O)Nc2ccc3c(c2)OCCO3)c1. The van der Waals surface area contributed by atoms with Crippen molar-refractivity contribution in [2.75, 3.05) is 24.3 Å². The largest absolute Gasteiger partial charge is 0.486 e. The number of rotatable bonds is 2. The molecule has 2 aromatic rings. The fourth-order valence-electron chi connectivity index (χ4n) is 2.00. The van der Waals surface area contributed by atoms with Crippen LogP contribution in [-0.4, -0.2) is 19.1 Å². The van der Waals surface area contributed by atoms with Crippen molar-refractivity contribution in [1.29, 1.82) is 0 Å². The molecule has 0 saturated heterocycles. The summed E-state index contributed by atoms with van der Waals surface area (Å²) in [6.45, 7) is 1.06. The van der Waals surface area contributed by atoms with Crippen molar-refractivity contribution in [1.82, 2.24) is 0 Å². The molecular weight excluding hydrogens is 256 g/mol. The molecular formula is C15H14N2O3. The maximum Gasteiger partial charge on any atom is 0.255 e. The van der Waals surface area contributed by atoms with Gasteiger partial charge in [-0.05, 0) is 30.3 Å². The molecule has 5 heteroatoms. The van der Waals surface area contributed by atoms with Crippen molar-refractivity contribution < 1.29 is 14.3 Å². The van der Waals surface area contributed by atoms with Crippen LogP contribution in [0.25, 0.3) is 0 Å². The molecule has 0 bridgehead atoms. The number of hydrogen-bond donors (Lipinski definition) is 2. The van der Waals surface area contributed by atoms with E-state index in [9.17, 15) is 4.79 Å². The first-order valence-electron chi connectivity index (χ1n) is 6.29. The maximum absolute atomic E-state index is 12.1. The molecule has 1 heterocycles. The lowest BCUT2D eigenvalue weighted by Crippen LogP contribution is -2.16. The Morgan fingerprint density at radius 3 is 2.65 bits per heavy atom. The first kappa shape index (κ1) is 12.3. The summed E-state index contributed by atoms with van der Waals surface area (Å²) in [5.74, 6) is 1.12. The van der Waals surface area contributed by atoms with Crippen LogP contribution in [0.4, 0.5) is 11.4 Å². The quantitative estimate of drug-likeness (QED) is 0.821. The van der Waals surface area contributed by atoms with Crippen molar-refractivity contribution >= 4 is 17.3 Å². The minimum absolute atomic E-state index is 0.214. The van der Waals surface area contributed by atoms with Crippen molar-refractivity contribution in [3.8, 4) is 11.5 Å². The van der Waals surface area contributed by atoms with E-state index >= 15 is 0 Å². The molecule has 3 N–H and O–H groups in total. The second kappa shape index (κ2) is 5.13. The van der Waals surface area contributed by atoms with Crippen LogP contribution in [0.5, 0.6) is 11.5 Å². The molecule has 20 heavy (non-hydrogen) atoms. The summed E-state index contributed by atoms with van der Waals surface area (Å²) in [4.78, 5) is 12.1. The average Bonchev–Trinajstić information content (AvgIpc) is 2.47. The minimum atomic E-state index is -0.214. The fraction of sp³-hybridized carbons (Fsp3) is 0.133. The summed E-state index contributed by atoms with van der Waals surface area (Å²) >= 11 is 0. The highest BCUT2D eigenvalue weighted by atomic mass is 16.6. The normalized spacial score (nSPS) is 12.8. The topological polar surface area (TPSA) is 73.6 Å². The van der Waals surface area contributed by atoms with Gasteiger partial charge in [-0.3, -0.25) is 4.79 Å². The molecule has 0 fully saturated rings. The average molecular weight is 270 g/mol. The molecule has 0 unspecified atom stereocenters. The van der Waals surface area contributed by atoms with Crippen LogP contribution >= 0.6 is 0 Å². The number of anilines is 2. The van der Waals surface area contributed by atoms with Crippen molar-refractivity contribution in [3.05, 3.63) is 48.0 Å². The highest BCUT2D eigenvalue weighted by molar-refractivity contribution is 6.04. The Morgan fingerprint density at radius 1 is 1.05 bits per heavy atom. The molecule has 5 nitrogen and oxygen atoms in total. The lowest BCUT2D eigenvalue weighted by Gasteiger charge is -2.19. The number of benzene rings is 2. The lowest BCUT2D eigenvalue weighted by molar-refractivity contribution is 0.102. The predicted octanol–water partition coefficient (Wildman–Crippen LogP) is 2.29. The highest BCUT2D eigenvalue weighted by Gasteiger charge is 2.13. The molecule has 2 aromatic carbocycles. The van der Waals surface area contributed by atoms with E-state index in [4.69, 9.17) is 15.2 Å². The Balaban J connectivity index is 1.79. The smallest absolute Gasteiger partial charge is 0.255 e. The third kappa shape index (κ3) is 2.51. The first-order valence-corrected chi connectivity index (χ1v) is 6.29. The fourth-order valence-corrected chi connectivity index (χ4v) is 2.00. The van der Waals surface area contributed by atoms with Crippen LogP contribution in [-0.2, 0) is 0 Å². The number of fused-ring (bicyclic) bond motifs is 1. The van der Waals surface area contributed by atoms with Gasteiger partial charge in [-0.1, -0.05) is 6.07 Å². The van der Waals surface area contributed by atoms with Gasteiger partial charge in [0.2, 0.25) is 0 Å². The number of ether oxygens (including phenoxy) is 2. The maximum atomic E-state index is 12.1. The van der Waals surface area contributed by atoms with Crippen molar-refractivity contribution in [2.24, 2.45) is 0 Å². The second-order valence-corrected chi connectivity index (χ2v) is 4.44. The van der Waals surface area contributed by atoms with Crippen LogP contribution in [0, 0.1) is 0 Å². The summed E-state index contributed by atoms with van der Waals surface area (Å²) in [6, 6.07) is 12.1. The van der Waals surface area contributed by atoms with E-state index in [2.05, 4.69) is 5.32 Å². The van der Waals surface area contributed by atoms with Gasteiger partial charge in [0, 0.05) is 23.0 Å². The predicted molar refractivity (Wildman–Crippen MR) is 76.2 cm³/mol. The summed E-state index contributed by atoms with van der Waals surface area (Å²) in [5, 5.41) is 2.81. The molecule has 0 spiro atoms. The zero-order valence-electron chi connectivity index (χ0n) is 10.8. The molecule has 0 radical (unpaired) electrons. The van der Waals surface area contributed by atoms with Gasteiger partial charge in [0.15, 0.2) is 11.5 Å². The summed E-state index contributed by atoms with van der Waals surface area (Å²) in [6.07, 6.45) is 0. The number of nitrogen functional groups attached to an aromatic ring is 1. The van der Waals surface area contributed by atoms with E-state index in [1.165, 1.54) is 0 Å². The summed E-state index contributed by atoms with van der Waals surface area (Å²) in [7, 11) is 0. The van der Waals surface area contributed by atoms with E-state index in [1.807, 2.05) is 0 Å². The van der Waals surface area contributed by atoms with Gasteiger partial charge in [0.05, 0.1) is 0 Å². The van der Waals surface area contributed by atoms with Crippen molar-refractivity contribution in [3.63, 3.8) is 0 Å². The summed E-state index contributed by atoms with van der Waals surface area (Å²) in [5.41, 5.74) is 7.39. The van der Waals surface area contributed by atoms with Gasteiger partial charge in [-0.2, -0.15) is 0 Å². The third-order valence-corrected chi connectivity index (χ3v) is 2.95. The van der Waals surface area contributed by atoms with Crippen LogP contribution in [0.1, 0.15) is 10.4 Å². The number of carbonyl (C=O) groups excluding carboxylic acids is 1. The third-order valence-electron chi connectivity index (χ3n) is 2.95. The van der Waals surface area contributed by atoms with Crippen LogP contribution in [0.15, 0.2) is 42.5 Å². The number of amides is 1. The molecule has 1 aliphatic heterocycles. The Bertz CT molecular complexity index is 655. The Labute approximate surface area is 116 Å². The zero-order valence-corrected chi connectivity index (χ0v) is 10.8. The van der Waals surface area contributed by atoms with E-state index in [1.54, 1.807) is 42.5 Å². The van der Waals surface area contributed by atoms with Gasteiger partial charge < -0.3 is 20.5 Å². The number of nitrogens with two attached hydrogens (primary N) is 1.